The summed E-state index contributed by atoms with van der Waals surface area (Å²) in [5.74, 6) is 0.923. The molecule has 0 aromatic heterocycles. The molecule has 2 aromatic rings. The number of fused-ring (bicyclic) bond motifs is 1. The van der Waals surface area contributed by atoms with Crippen LogP contribution >= 0.6 is 0 Å². The van der Waals surface area contributed by atoms with Crippen LogP contribution in [0.1, 0.15) is 89.2 Å². The minimum absolute atomic E-state index is 0.0149. The van der Waals surface area contributed by atoms with E-state index >= 15 is 0 Å². The highest BCUT2D eigenvalue weighted by atomic mass is 19.1. The summed E-state index contributed by atoms with van der Waals surface area (Å²) in [4.78, 5) is 18.0. The molecule has 3 aliphatic rings. The van der Waals surface area contributed by atoms with Gasteiger partial charge in [0, 0.05) is 24.3 Å². The molecule has 2 fully saturated rings. The molecular formula is C34H42FN3O. The molecule has 2 saturated carbocycles. The van der Waals surface area contributed by atoms with E-state index in [1.165, 1.54) is 61.6 Å². The van der Waals surface area contributed by atoms with Crippen molar-refractivity contribution in [3.63, 3.8) is 0 Å². The molecule has 0 saturated heterocycles. The molecule has 4 nitrogen and oxygen atoms in total. The van der Waals surface area contributed by atoms with Gasteiger partial charge in [-0.25, -0.2) is 4.39 Å². The summed E-state index contributed by atoms with van der Waals surface area (Å²) >= 11 is 0. The van der Waals surface area contributed by atoms with Crippen LogP contribution in [0.25, 0.3) is 0 Å². The summed E-state index contributed by atoms with van der Waals surface area (Å²) in [6.07, 6.45) is 15.6. The second kappa shape index (κ2) is 12.4. The van der Waals surface area contributed by atoms with Crippen molar-refractivity contribution in [2.24, 2.45) is 28.2 Å². The Morgan fingerprint density at radius 3 is 2.56 bits per heavy atom. The Hall–Kier alpha value is -3.08. The molecule has 4 atom stereocenters. The van der Waals surface area contributed by atoms with Crippen molar-refractivity contribution in [3.8, 4) is 0 Å². The number of hydrogen-bond donors (Lipinski definition) is 2. The predicted octanol–water partition coefficient (Wildman–Crippen LogP) is 8.52. The fourth-order valence-electron chi connectivity index (χ4n) is 7.21. The third kappa shape index (κ3) is 6.57. The number of nitrogens with zero attached hydrogens (tertiary/aromatic N) is 1. The first kappa shape index (κ1) is 27.5. The first-order chi connectivity index (χ1) is 18.9. The van der Waals surface area contributed by atoms with Crippen LogP contribution in [0.5, 0.6) is 0 Å². The van der Waals surface area contributed by atoms with Crippen molar-refractivity contribution < 1.29 is 9.18 Å². The van der Waals surface area contributed by atoms with Crippen molar-refractivity contribution in [1.82, 2.24) is 5.32 Å². The van der Waals surface area contributed by atoms with Gasteiger partial charge in [-0.3, -0.25) is 9.79 Å². The van der Waals surface area contributed by atoms with E-state index in [1.54, 1.807) is 12.1 Å². The van der Waals surface area contributed by atoms with Crippen molar-refractivity contribution in [2.45, 2.75) is 83.6 Å². The third-order valence-electron chi connectivity index (χ3n) is 9.59. The highest BCUT2D eigenvalue weighted by molar-refractivity contribution is 6.08. The van der Waals surface area contributed by atoms with Gasteiger partial charge in [-0.05, 0) is 85.3 Å². The Labute approximate surface area is 232 Å². The average Bonchev–Trinajstić information content (AvgIpc) is 3.28. The minimum atomic E-state index is -0.273. The molecule has 0 aliphatic heterocycles. The van der Waals surface area contributed by atoms with E-state index in [4.69, 9.17) is 10.4 Å². The molecule has 0 bridgehead atoms. The zero-order valence-electron chi connectivity index (χ0n) is 23.2. The molecule has 2 aromatic carbocycles. The largest absolute Gasteiger partial charge is 0.349 e. The number of nitrogens with one attached hydrogen (secondary N) is 2. The molecule has 39 heavy (non-hydrogen) atoms. The highest BCUT2D eigenvalue weighted by Gasteiger charge is 2.47. The van der Waals surface area contributed by atoms with Gasteiger partial charge in [0.15, 0.2) is 0 Å². The van der Waals surface area contributed by atoms with Crippen LogP contribution in [0, 0.1) is 34.4 Å². The lowest BCUT2D eigenvalue weighted by Crippen LogP contribution is -2.37. The molecule has 5 heteroatoms. The Morgan fingerprint density at radius 2 is 1.85 bits per heavy atom. The van der Waals surface area contributed by atoms with Gasteiger partial charge in [-0.15, -0.1) is 0 Å². The summed E-state index contributed by atoms with van der Waals surface area (Å²) in [7, 11) is 0. The van der Waals surface area contributed by atoms with E-state index in [-0.39, 0.29) is 29.1 Å². The van der Waals surface area contributed by atoms with Crippen LogP contribution in [0.4, 0.5) is 10.1 Å². The quantitative estimate of drug-likeness (QED) is 0.315. The van der Waals surface area contributed by atoms with E-state index in [0.717, 1.165) is 37.8 Å². The molecule has 5 rings (SSSR count). The summed E-state index contributed by atoms with van der Waals surface area (Å²) < 4.78 is 13.4. The average molecular weight is 528 g/mol. The number of rotatable bonds is 9. The summed E-state index contributed by atoms with van der Waals surface area (Å²) in [6.45, 7) is 2.34. The van der Waals surface area contributed by atoms with E-state index in [0.29, 0.717) is 23.9 Å². The lowest BCUT2D eigenvalue weighted by molar-refractivity contribution is -0.122. The highest BCUT2D eigenvalue weighted by Crippen LogP contribution is 2.56. The lowest BCUT2D eigenvalue weighted by atomic mass is 9.65. The fraction of sp³-hybridized carbons (Fsp3) is 0.500. The summed E-state index contributed by atoms with van der Waals surface area (Å²) in [6, 6.07) is 16.6. The van der Waals surface area contributed by atoms with Gasteiger partial charge >= 0.3 is 0 Å². The first-order valence-electron chi connectivity index (χ1n) is 14.8. The number of allylic oxidation sites excluding steroid dienone is 2. The van der Waals surface area contributed by atoms with Crippen molar-refractivity contribution in [3.05, 3.63) is 77.6 Å². The van der Waals surface area contributed by atoms with E-state index in [2.05, 4.69) is 42.6 Å². The third-order valence-corrected chi connectivity index (χ3v) is 9.59. The molecular weight excluding hydrogens is 485 g/mol. The molecule has 2 N–H and O–H groups in total. The number of benzene rings is 2. The summed E-state index contributed by atoms with van der Waals surface area (Å²) in [5.41, 5.74) is 4.13. The second-order valence-corrected chi connectivity index (χ2v) is 12.1. The standard InChI is InChI=1S/C34H42FN3O/c1-34-22-26(23-36)32(37-30-17-15-29(35)16-18-30)21-28(34)14-13-27(34)20-31(25-10-6-3-7-11-25)38-33(39)19-12-24-8-4-2-5-9-24/h3,6-7,10-11,15-18,21,23-24,26-27,31,36H,2,4-5,8-9,12-14,19-20,22H2,1H3,(H,38,39). The van der Waals surface area contributed by atoms with Crippen LogP contribution in [0.2, 0.25) is 0 Å². The maximum atomic E-state index is 13.4. The van der Waals surface area contributed by atoms with Crippen molar-refractivity contribution >= 4 is 23.5 Å². The Balaban J connectivity index is 1.32. The predicted molar refractivity (Wildman–Crippen MR) is 157 cm³/mol. The number of amides is 1. The van der Waals surface area contributed by atoms with Crippen LogP contribution in [0.3, 0.4) is 0 Å². The molecule has 1 amide bonds. The number of halogens is 1. The van der Waals surface area contributed by atoms with Crippen LogP contribution in [-0.4, -0.2) is 17.8 Å². The van der Waals surface area contributed by atoms with Gasteiger partial charge in [0.1, 0.15) is 5.82 Å². The topological polar surface area (TPSA) is 65.3 Å². The first-order valence-corrected chi connectivity index (χ1v) is 14.8. The molecule has 3 aliphatic carbocycles. The molecule has 0 spiro atoms. The smallest absolute Gasteiger partial charge is 0.220 e. The van der Waals surface area contributed by atoms with E-state index in [1.807, 2.05) is 6.07 Å². The number of hydrogen-bond acceptors (Lipinski definition) is 3. The number of carbonyl (C=O) groups is 1. The van der Waals surface area contributed by atoms with Gasteiger partial charge in [0.05, 0.1) is 11.7 Å². The van der Waals surface area contributed by atoms with Crippen LogP contribution in [-0.2, 0) is 4.79 Å². The van der Waals surface area contributed by atoms with Gasteiger partial charge in [-0.2, -0.15) is 0 Å². The van der Waals surface area contributed by atoms with Crippen LogP contribution < -0.4 is 5.32 Å². The normalized spacial score (nSPS) is 27.0. The van der Waals surface area contributed by atoms with Crippen molar-refractivity contribution in [1.29, 1.82) is 5.41 Å². The maximum Gasteiger partial charge on any atom is 0.220 e. The van der Waals surface area contributed by atoms with Crippen LogP contribution in [0.15, 0.2) is 71.2 Å². The van der Waals surface area contributed by atoms with Gasteiger partial charge in [0.25, 0.3) is 0 Å². The maximum absolute atomic E-state index is 13.4. The molecule has 4 unspecified atom stereocenters. The monoisotopic (exact) mass is 527 g/mol. The second-order valence-electron chi connectivity index (χ2n) is 12.1. The lowest BCUT2D eigenvalue weighted by Gasteiger charge is -2.40. The summed E-state index contributed by atoms with van der Waals surface area (Å²) in [5, 5.41) is 11.6. The SMILES string of the molecule is CC12CC(C=N)C(=Nc3ccc(F)cc3)C=C1CCC2CC(NC(=O)CCC1CCCCC1)c1ccccc1. The van der Waals surface area contributed by atoms with Gasteiger partial charge in [0.2, 0.25) is 5.91 Å². The Bertz CT molecular complexity index is 1200. The minimum Gasteiger partial charge on any atom is -0.349 e. The molecule has 206 valence electrons. The van der Waals surface area contributed by atoms with E-state index in [9.17, 15) is 9.18 Å². The van der Waals surface area contributed by atoms with Gasteiger partial charge < -0.3 is 10.7 Å². The zero-order valence-corrected chi connectivity index (χ0v) is 23.2. The number of aliphatic imine (C=N–C) groups is 1. The molecule has 0 heterocycles. The van der Waals surface area contributed by atoms with E-state index < -0.39 is 0 Å². The van der Waals surface area contributed by atoms with Gasteiger partial charge in [-0.1, -0.05) is 74.9 Å². The fourth-order valence-corrected chi connectivity index (χ4v) is 7.21. The zero-order chi connectivity index (χ0) is 27.2. The Kier molecular flexibility index (Phi) is 8.74. The molecule has 0 radical (unpaired) electrons. The number of carbonyl (C=O) groups excluding carboxylic acids is 1. The Morgan fingerprint density at radius 1 is 1.10 bits per heavy atom. The van der Waals surface area contributed by atoms with Crippen molar-refractivity contribution in [2.75, 3.05) is 0 Å².